The molecule has 3 aliphatic heterocycles. The van der Waals surface area contributed by atoms with E-state index in [-0.39, 0.29) is 47.6 Å². The molecule has 3 aliphatic rings. The molecule has 3 saturated heterocycles. The fourth-order valence-corrected chi connectivity index (χ4v) is 6.08. The Labute approximate surface area is 198 Å². The van der Waals surface area contributed by atoms with Gasteiger partial charge in [-0.1, -0.05) is 0 Å². The first kappa shape index (κ1) is 26.4. The Hall–Kier alpha value is -1.22. The normalized spacial score (nSPS) is 29.2. The smallest absolute Gasteiger partial charge is 0.328 e. The Kier molecular flexibility index (Phi) is 7.01. The predicted molar refractivity (Wildman–Crippen MR) is 125 cm³/mol. The predicted octanol–water partition coefficient (Wildman–Crippen LogP) is 3.07. The zero-order chi connectivity index (χ0) is 24.9. The van der Waals surface area contributed by atoms with Gasteiger partial charge in [0.15, 0.2) is 6.29 Å². The zero-order valence-corrected chi connectivity index (χ0v) is 21.9. The van der Waals surface area contributed by atoms with Gasteiger partial charge in [-0.25, -0.2) is 0 Å². The number of hydrogen-bond donors (Lipinski definition) is 2. The maximum Gasteiger partial charge on any atom is 0.328 e. The van der Waals surface area contributed by atoms with Crippen LogP contribution in [-0.2, 0) is 28.5 Å². The number of esters is 2. The molecule has 33 heavy (non-hydrogen) atoms. The van der Waals surface area contributed by atoms with Crippen molar-refractivity contribution >= 4 is 11.9 Å². The van der Waals surface area contributed by atoms with Gasteiger partial charge in [-0.15, -0.1) is 0 Å². The molecule has 8 nitrogen and oxygen atoms in total. The number of rotatable bonds is 4. The molecule has 0 aromatic rings. The van der Waals surface area contributed by atoms with E-state index in [2.05, 4.69) is 66.0 Å². The van der Waals surface area contributed by atoms with E-state index < -0.39 is 23.6 Å². The summed E-state index contributed by atoms with van der Waals surface area (Å²) in [6.45, 7) is 18.3. The van der Waals surface area contributed by atoms with E-state index in [1.165, 1.54) is 0 Å². The average molecular weight is 469 g/mol. The minimum absolute atomic E-state index is 0.110. The fraction of sp³-hybridized carbons (Fsp3) is 0.920. The lowest BCUT2D eigenvalue weighted by Crippen LogP contribution is -2.62. The maximum absolute atomic E-state index is 13.5. The number of piperidine rings is 2. The van der Waals surface area contributed by atoms with Crippen molar-refractivity contribution in [3.63, 3.8) is 0 Å². The monoisotopic (exact) mass is 468 g/mol. The van der Waals surface area contributed by atoms with Gasteiger partial charge >= 0.3 is 11.9 Å². The minimum atomic E-state index is -1.62. The van der Waals surface area contributed by atoms with E-state index in [0.29, 0.717) is 25.7 Å². The van der Waals surface area contributed by atoms with Crippen LogP contribution >= 0.6 is 0 Å². The summed E-state index contributed by atoms with van der Waals surface area (Å²) in [6.07, 6.45) is 1.50. The van der Waals surface area contributed by atoms with Gasteiger partial charge in [0.1, 0.15) is 12.2 Å². The van der Waals surface area contributed by atoms with Crippen molar-refractivity contribution in [3.8, 4) is 0 Å². The van der Waals surface area contributed by atoms with Crippen LogP contribution in [0.3, 0.4) is 0 Å². The molecule has 3 fully saturated rings. The highest BCUT2D eigenvalue weighted by atomic mass is 16.7. The third-order valence-corrected chi connectivity index (χ3v) is 6.76. The average Bonchev–Trinajstić information content (AvgIpc) is 2.56. The summed E-state index contributed by atoms with van der Waals surface area (Å²) in [5.41, 5.74) is -2.40. The van der Waals surface area contributed by atoms with Crippen LogP contribution in [0.15, 0.2) is 0 Å². The Morgan fingerprint density at radius 1 is 0.667 bits per heavy atom. The number of carbonyl (C=O) groups excluding carboxylic acids is 2. The number of nitrogens with one attached hydrogen (secondary N) is 2. The maximum atomic E-state index is 13.5. The molecule has 0 aromatic heterocycles. The van der Waals surface area contributed by atoms with Crippen molar-refractivity contribution in [2.75, 3.05) is 13.2 Å². The van der Waals surface area contributed by atoms with E-state index in [0.717, 1.165) is 0 Å². The number of ether oxygens (including phenoxy) is 4. The van der Waals surface area contributed by atoms with Gasteiger partial charge in [0, 0.05) is 47.8 Å². The van der Waals surface area contributed by atoms with E-state index in [1.807, 2.05) is 0 Å². The first-order chi connectivity index (χ1) is 14.9. The van der Waals surface area contributed by atoms with Crippen LogP contribution in [0.25, 0.3) is 0 Å². The van der Waals surface area contributed by atoms with Crippen LogP contribution in [0.5, 0.6) is 0 Å². The lowest BCUT2D eigenvalue weighted by molar-refractivity contribution is -0.239. The van der Waals surface area contributed by atoms with Gasteiger partial charge in [0.25, 0.3) is 0 Å². The summed E-state index contributed by atoms with van der Waals surface area (Å²) in [4.78, 5) is 27.1. The molecule has 190 valence electrons. The third-order valence-electron chi connectivity index (χ3n) is 6.76. The van der Waals surface area contributed by atoms with Gasteiger partial charge in [-0.3, -0.25) is 9.59 Å². The van der Waals surface area contributed by atoms with Crippen LogP contribution in [0.1, 0.15) is 88.0 Å². The van der Waals surface area contributed by atoms with E-state index in [4.69, 9.17) is 18.9 Å². The van der Waals surface area contributed by atoms with Crippen molar-refractivity contribution in [3.05, 3.63) is 0 Å². The van der Waals surface area contributed by atoms with Crippen LogP contribution in [-0.4, -0.2) is 65.8 Å². The van der Waals surface area contributed by atoms with Gasteiger partial charge in [-0.2, -0.15) is 0 Å². The molecule has 0 aliphatic carbocycles. The molecular weight excluding hydrogens is 424 g/mol. The molecule has 2 N–H and O–H groups in total. The Balaban J connectivity index is 1.78. The summed E-state index contributed by atoms with van der Waals surface area (Å²) in [7, 11) is 0. The van der Waals surface area contributed by atoms with Crippen molar-refractivity contribution in [1.29, 1.82) is 0 Å². The van der Waals surface area contributed by atoms with Crippen LogP contribution in [0.4, 0.5) is 0 Å². The molecule has 0 aromatic carbocycles. The molecule has 0 radical (unpaired) electrons. The lowest BCUT2D eigenvalue weighted by atomic mass is 9.80. The largest absolute Gasteiger partial charge is 0.461 e. The summed E-state index contributed by atoms with van der Waals surface area (Å²) >= 11 is 0. The molecule has 0 spiro atoms. The van der Waals surface area contributed by atoms with Crippen LogP contribution < -0.4 is 10.6 Å². The van der Waals surface area contributed by atoms with E-state index in [1.54, 1.807) is 6.92 Å². The third kappa shape index (κ3) is 6.47. The lowest BCUT2D eigenvalue weighted by Gasteiger charge is -2.47. The summed E-state index contributed by atoms with van der Waals surface area (Å²) in [6, 6.07) is 0. The molecule has 3 heterocycles. The fourth-order valence-electron chi connectivity index (χ4n) is 6.08. The summed E-state index contributed by atoms with van der Waals surface area (Å²) in [5, 5.41) is 7.17. The van der Waals surface area contributed by atoms with E-state index in [9.17, 15) is 9.59 Å². The summed E-state index contributed by atoms with van der Waals surface area (Å²) < 4.78 is 23.2. The first-order valence-corrected chi connectivity index (χ1v) is 12.2. The molecule has 0 unspecified atom stereocenters. The van der Waals surface area contributed by atoms with Crippen molar-refractivity contribution < 1.29 is 28.5 Å². The minimum Gasteiger partial charge on any atom is -0.461 e. The van der Waals surface area contributed by atoms with Gasteiger partial charge in [0.2, 0.25) is 5.41 Å². The first-order valence-electron chi connectivity index (χ1n) is 12.2. The number of carbonyl (C=O) groups is 2. The molecule has 0 saturated carbocycles. The highest BCUT2D eigenvalue weighted by Crippen LogP contribution is 2.36. The second-order valence-corrected chi connectivity index (χ2v) is 12.9. The standard InChI is InChI=1S/C25H44N2O6/c1-16-30-14-25(15-31-16,19(28)32-17-10-21(2,3)26-22(4,5)11-17)20(29)33-18-12-23(6,7)27-24(8,9)13-18/h16-18,26-27H,10-15H2,1-9H3. The quantitative estimate of drug-likeness (QED) is 0.480. The van der Waals surface area contributed by atoms with Crippen LogP contribution in [0.2, 0.25) is 0 Å². The summed E-state index contributed by atoms with van der Waals surface area (Å²) in [5.74, 6) is -1.24. The molecule has 3 rings (SSSR count). The molecular formula is C25H44N2O6. The molecule has 0 bridgehead atoms. The molecule has 0 amide bonds. The topological polar surface area (TPSA) is 95.1 Å². The van der Waals surface area contributed by atoms with Crippen molar-refractivity contribution in [2.45, 2.75) is 129 Å². The molecule has 0 atom stereocenters. The van der Waals surface area contributed by atoms with Crippen molar-refractivity contribution in [1.82, 2.24) is 10.6 Å². The second-order valence-electron chi connectivity index (χ2n) is 12.9. The van der Waals surface area contributed by atoms with Crippen molar-refractivity contribution in [2.24, 2.45) is 5.41 Å². The van der Waals surface area contributed by atoms with Gasteiger partial charge in [0.05, 0.1) is 13.2 Å². The SMILES string of the molecule is CC1OCC(C(=O)OC2CC(C)(C)NC(C)(C)C2)(C(=O)OC2CC(C)(C)NC(C)(C)C2)CO1. The highest BCUT2D eigenvalue weighted by Gasteiger charge is 2.55. The highest BCUT2D eigenvalue weighted by molar-refractivity contribution is 6.00. The molecule has 8 heteroatoms. The zero-order valence-electron chi connectivity index (χ0n) is 21.9. The van der Waals surface area contributed by atoms with E-state index >= 15 is 0 Å². The van der Waals surface area contributed by atoms with Crippen LogP contribution in [0, 0.1) is 5.41 Å². The van der Waals surface area contributed by atoms with Gasteiger partial charge in [-0.05, 0) is 62.3 Å². The Morgan fingerprint density at radius 3 is 1.27 bits per heavy atom. The Bertz CT molecular complexity index is 666. The Morgan fingerprint density at radius 2 is 0.970 bits per heavy atom. The number of hydrogen-bond acceptors (Lipinski definition) is 8. The second kappa shape index (κ2) is 8.77. The van der Waals surface area contributed by atoms with Gasteiger partial charge < -0.3 is 29.6 Å².